The predicted octanol–water partition coefficient (Wildman–Crippen LogP) is 4.28. The van der Waals surface area contributed by atoms with E-state index in [0.29, 0.717) is 12.3 Å². The summed E-state index contributed by atoms with van der Waals surface area (Å²) in [7, 11) is 0. The molecule has 0 atom stereocenters. The Morgan fingerprint density at radius 3 is 2.58 bits per heavy atom. The molecule has 122 valence electrons. The zero-order chi connectivity index (χ0) is 16.9. The Labute approximate surface area is 140 Å². The first kappa shape index (κ1) is 15.8. The number of carbonyl (C=O) groups is 1. The molecule has 24 heavy (non-hydrogen) atoms. The monoisotopic (exact) mass is 321 g/mol. The van der Waals surface area contributed by atoms with Crippen molar-refractivity contribution in [2.45, 2.75) is 20.4 Å². The smallest absolute Gasteiger partial charge is 0.319 e. The van der Waals surface area contributed by atoms with Crippen LogP contribution in [0.2, 0.25) is 0 Å². The van der Waals surface area contributed by atoms with Gasteiger partial charge in [-0.05, 0) is 43.2 Å². The van der Waals surface area contributed by atoms with Gasteiger partial charge in [-0.25, -0.2) is 9.78 Å². The van der Waals surface area contributed by atoms with Gasteiger partial charge in [-0.3, -0.25) is 0 Å². The van der Waals surface area contributed by atoms with Gasteiger partial charge in [-0.2, -0.15) is 0 Å². The zero-order valence-corrected chi connectivity index (χ0v) is 13.7. The highest BCUT2D eigenvalue weighted by molar-refractivity contribution is 5.89. The molecule has 3 aromatic rings. The van der Waals surface area contributed by atoms with Gasteiger partial charge in [0, 0.05) is 17.8 Å². The molecule has 2 amide bonds. The second-order valence-corrected chi connectivity index (χ2v) is 5.69. The molecule has 0 fully saturated rings. The molecule has 5 nitrogen and oxygen atoms in total. The van der Waals surface area contributed by atoms with Crippen molar-refractivity contribution < 1.29 is 9.21 Å². The summed E-state index contributed by atoms with van der Waals surface area (Å²) < 4.78 is 5.31. The number of anilines is 1. The normalized spacial score (nSPS) is 10.4. The van der Waals surface area contributed by atoms with Gasteiger partial charge in [0.2, 0.25) is 0 Å². The Kier molecular flexibility index (Phi) is 4.61. The van der Waals surface area contributed by atoms with E-state index in [0.717, 1.165) is 22.4 Å². The lowest BCUT2D eigenvalue weighted by Crippen LogP contribution is -2.28. The highest BCUT2D eigenvalue weighted by atomic mass is 16.3. The summed E-state index contributed by atoms with van der Waals surface area (Å²) in [6.07, 6.45) is 3.07. The number of amides is 2. The minimum absolute atomic E-state index is 0.234. The van der Waals surface area contributed by atoms with Crippen molar-refractivity contribution in [1.29, 1.82) is 0 Å². The average molecular weight is 321 g/mol. The second-order valence-electron chi connectivity index (χ2n) is 5.69. The zero-order valence-electron chi connectivity index (χ0n) is 13.7. The Morgan fingerprint density at radius 1 is 1.12 bits per heavy atom. The van der Waals surface area contributed by atoms with Crippen LogP contribution < -0.4 is 10.6 Å². The van der Waals surface area contributed by atoms with Crippen LogP contribution in [0.15, 0.2) is 59.5 Å². The molecule has 0 spiro atoms. The first-order chi connectivity index (χ1) is 11.6. The number of hydrogen-bond donors (Lipinski definition) is 2. The highest BCUT2D eigenvalue weighted by Gasteiger charge is 2.08. The quantitative estimate of drug-likeness (QED) is 0.753. The Morgan fingerprint density at radius 2 is 1.92 bits per heavy atom. The van der Waals surface area contributed by atoms with Crippen molar-refractivity contribution >= 4 is 11.7 Å². The number of aryl methyl sites for hydroxylation is 2. The fourth-order valence-corrected chi connectivity index (χ4v) is 2.43. The minimum Gasteiger partial charge on any atom is -0.444 e. The fourth-order valence-electron chi connectivity index (χ4n) is 2.43. The fraction of sp³-hybridized carbons (Fsp3) is 0.158. The van der Waals surface area contributed by atoms with Crippen LogP contribution in [0.3, 0.4) is 0 Å². The minimum atomic E-state index is -0.234. The molecule has 0 unspecified atom stereocenters. The molecule has 0 saturated heterocycles. The van der Waals surface area contributed by atoms with Crippen molar-refractivity contribution in [3.8, 4) is 11.3 Å². The molecule has 1 aromatic heterocycles. The summed E-state index contributed by atoms with van der Waals surface area (Å²) in [6.45, 7) is 4.49. The summed E-state index contributed by atoms with van der Waals surface area (Å²) in [5.41, 5.74) is 4.96. The van der Waals surface area contributed by atoms with Gasteiger partial charge >= 0.3 is 6.03 Å². The number of nitrogens with zero attached hydrogens (tertiary/aromatic N) is 1. The number of urea groups is 1. The number of rotatable bonds is 4. The van der Waals surface area contributed by atoms with Gasteiger partial charge in [0.05, 0.1) is 6.20 Å². The molecule has 2 N–H and O–H groups in total. The molecule has 0 saturated carbocycles. The third-order valence-electron chi connectivity index (χ3n) is 3.76. The number of benzene rings is 2. The van der Waals surface area contributed by atoms with Crippen LogP contribution in [0.1, 0.15) is 16.7 Å². The van der Waals surface area contributed by atoms with Crippen LogP contribution >= 0.6 is 0 Å². The summed E-state index contributed by atoms with van der Waals surface area (Å²) >= 11 is 0. The SMILES string of the molecule is Cc1ccc(CNC(=O)Nc2ccc(-c3cnco3)c(C)c2)cc1. The van der Waals surface area contributed by atoms with Gasteiger partial charge in [0.15, 0.2) is 12.2 Å². The lowest BCUT2D eigenvalue weighted by Gasteiger charge is -2.10. The molecule has 1 heterocycles. The maximum atomic E-state index is 12.0. The number of carbonyl (C=O) groups excluding carboxylic acids is 1. The first-order valence-corrected chi connectivity index (χ1v) is 7.72. The van der Waals surface area contributed by atoms with Crippen molar-refractivity contribution in [2.24, 2.45) is 0 Å². The van der Waals surface area contributed by atoms with Crippen LogP contribution in [0, 0.1) is 13.8 Å². The lowest BCUT2D eigenvalue weighted by atomic mass is 10.1. The largest absolute Gasteiger partial charge is 0.444 e. The maximum absolute atomic E-state index is 12.0. The van der Waals surface area contributed by atoms with Crippen LogP contribution in [-0.2, 0) is 6.54 Å². The summed E-state index contributed by atoms with van der Waals surface area (Å²) in [4.78, 5) is 15.9. The van der Waals surface area contributed by atoms with Gasteiger partial charge < -0.3 is 15.1 Å². The van der Waals surface area contributed by atoms with Gasteiger partial charge in [0.25, 0.3) is 0 Å². The van der Waals surface area contributed by atoms with E-state index in [2.05, 4.69) is 15.6 Å². The Hall–Kier alpha value is -3.08. The number of hydrogen-bond acceptors (Lipinski definition) is 3. The summed E-state index contributed by atoms with van der Waals surface area (Å²) in [6, 6.07) is 13.5. The van der Waals surface area contributed by atoms with E-state index in [-0.39, 0.29) is 6.03 Å². The summed E-state index contributed by atoms with van der Waals surface area (Å²) in [5.74, 6) is 0.711. The van der Waals surface area contributed by atoms with Crippen molar-refractivity contribution in [1.82, 2.24) is 10.3 Å². The number of nitrogens with one attached hydrogen (secondary N) is 2. The maximum Gasteiger partial charge on any atom is 0.319 e. The highest BCUT2D eigenvalue weighted by Crippen LogP contribution is 2.25. The summed E-state index contributed by atoms with van der Waals surface area (Å²) in [5, 5.41) is 5.69. The molecule has 0 bridgehead atoms. The molecule has 0 aliphatic rings. The standard InChI is InChI=1S/C19H19N3O2/c1-13-3-5-15(6-4-13)10-21-19(23)22-16-7-8-17(14(2)9-16)18-11-20-12-24-18/h3-9,11-12H,10H2,1-2H3,(H2,21,22,23). The van der Waals surface area contributed by atoms with E-state index in [1.165, 1.54) is 12.0 Å². The van der Waals surface area contributed by atoms with E-state index in [9.17, 15) is 4.79 Å². The number of oxazole rings is 1. The predicted molar refractivity (Wildman–Crippen MR) is 93.7 cm³/mol. The molecular formula is C19H19N3O2. The van der Waals surface area contributed by atoms with E-state index in [4.69, 9.17) is 4.42 Å². The molecule has 0 radical (unpaired) electrons. The lowest BCUT2D eigenvalue weighted by molar-refractivity contribution is 0.251. The Bertz CT molecular complexity index is 824. The molecule has 3 rings (SSSR count). The van der Waals surface area contributed by atoms with E-state index < -0.39 is 0 Å². The molecule has 0 aliphatic heterocycles. The van der Waals surface area contributed by atoms with Crippen molar-refractivity contribution in [3.63, 3.8) is 0 Å². The molecular weight excluding hydrogens is 302 g/mol. The van der Waals surface area contributed by atoms with E-state index in [1.807, 2.05) is 56.3 Å². The second kappa shape index (κ2) is 7.00. The topological polar surface area (TPSA) is 67.2 Å². The van der Waals surface area contributed by atoms with Gasteiger partial charge in [-0.15, -0.1) is 0 Å². The molecule has 0 aliphatic carbocycles. The van der Waals surface area contributed by atoms with Crippen molar-refractivity contribution in [2.75, 3.05) is 5.32 Å². The van der Waals surface area contributed by atoms with Crippen LogP contribution in [-0.4, -0.2) is 11.0 Å². The van der Waals surface area contributed by atoms with Crippen LogP contribution in [0.25, 0.3) is 11.3 Å². The molecule has 5 heteroatoms. The first-order valence-electron chi connectivity index (χ1n) is 7.72. The van der Waals surface area contributed by atoms with E-state index >= 15 is 0 Å². The third-order valence-corrected chi connectivity index (χ3v) is 3.76. The third kappa shape index (κ3) is 3.81. The molecule has 2 aromatic carbocycles. The Balaban J connectivity index is 1.60. The van der Waals surface area contributed by atoms with Gasteiger partial charge in [-0.1, -0.05) is 29.8 Å². The van der Waals surface area contributed by atoms with Crippen LogP contribution in [0.5, 0.6) is 0 Å². The van der Waals surface area contributed by atoms with Gasteiger partial charge in [0.1, 0.15) is 0 Å². The number of aromatic nitrogens is 1. The van der Waals surface area contributed by atoms with E-state index in [1.54, 1.807) is 6.20 Å². The van der Waals surface area contributed by atoms with Crippen molar-refractivity contribution in [3.05, 3.63) is 71.7 Å². The van der Waals surface area contributed by atoms with Crippen LogP contribution in [0.4, 0.5) is 10.5 Å². The average Bonchev–Trinajstić information content (AvgIpc) is 3.09.